The number of benzene rings is 1. The molecule has 1 aromatic rings. The van der Waals surface area contributed by atoms with Crippen LogP contribution in [0.3, 0.4) is 0 Å². The number of anilines is 1. The quantitative estimate of drug-likeness (QED) is 0.248. The fraction of sp³-hybridized carbons (Fsp3) is 0.560. The summed E-state index contributed by atoms with van der Waals surface area (Å²) in [4.78, 5) is 4.12. The first-order valence-electron chi connectivity index (χ1n) is 10.8. The summed E-state index contributed by atoms with van der Waals surface area (Å²) in [7, 11) is 3.66. The Morgan fingerprint density at radius 1 is 1.17 bits per heavy atom. The summed E-state index contributed by atoms with van der Waals surface area (Å²) in [6.45, 7) is 17.3. The maximum Gasteiger partial charge on any atom is 0.120 e. The third-order valence-corrected chi connectivity index (χ3v) is 5.15. The molecule has 1 aromatic carbocycles. The van der Waals surface area contributed by atoms with Gasteiger partial charge in [-0.3, -0.25) is 4.99 Å². The SMILES string of the molecule is C=C(/C(C=NC)=C/C)c1cc(OCC(C)OCCOCC(C)C(C)C)ccc1NC. The number of rotatable bonds is 14. The van der Waals surface area contributed by atoms with Gasteiger partial charge in [-0.15, -0.1) is 0 Å². The summed E-state index contributed by atoms with van der Waals surface area (Å²) in [5.41, 5.74) is 3.86. The summed E-state index contributed by atoms with van der Waals surface area (Å²) < 4.78 is 17.5. The van der Waals surface area contributed by atoms with Gasteiger partial charge in [-0.1, -0.05) is 33.4 Å². The number of hydrogen-bond donors (Lipinski definition) is 1. The lowest BCUT2D eigenvalue weighted by molar-refractivity contribution is -0.0137. The lowest BCUT2D eigenvalue weighted by Crippen LogP contribution is -2.21. The molecule has 0 saturated carbocycles. The Hall–Kier alpha value is -2.11. The number of nitrogens with zero attached hydrogens (tertiary/aromatic N) is 1. The Bertz CT molecular complexity index is 710. The average molecular weight is 417 g/mol. The van der Waals surface area contributed by atoms with Crippen LogP contribution in [0.4, 0.5) is 5.69 Å². The van der Waals surface area contributed by atoms with Gasteiger partial charge in [0, 0.05) is 38.2 Å². The standard InChI is InChI=1S/C25H40N2O3/c1-9-22(15-26-7)21(6)24-14-23(10-11-25(24)27-8)30-17-20(5)29-13-12-28-16-19(4)18(2)3/h9-11,14-15,18-20,27H,6,12-13,16-17H2,1-5,7-8H3/b22-9+,26-15?. The fourth-order valence-corrected chi connectivity index (χ4v) is 2.73. The zero-order chi connectivity index (χ0) is 22.5. The zero-order valence-corrected chi connectivity index (χ0v) is 19.8. The lowest BCUT2D eigenvalue weighted by Gasteiger charge is -2.18. The Morgan fingerprint density at radius 3 is 2.50 bits per heavy atom. The van der Waals surface area contributed by atoms with Crippen molar-refractivity contribution in [3.05, 3.63) is 42.0 Å². The number of aliphatic imine (C=N–C) groups is 1. The normalized spacial score (nSPS) is 14.2. The third-order valence-electron chi connectivity index (χ3n) is 5.15. The third kappa shape index (κ3) is 8.72. The highest BCUT2D eigenvalue weighted by atomic mass is 16.5. The molecule has 0 aromatic heterocycles. The molecule has 0 aliphatic carbocycles. The largest absolute Gasteiger partial charge is 0.491 e. The molecule has 0 amide bonds. The minimum atomic E-state index is -0.0231. The van der Waals surface area contributed by atoms with E-state index >= 15 is 0 Å². The minimum Gasteiger partial charge on any atom is -0.491 e. The van der Waals surface area contributed by atoms with Gasteiger partial charge < -0.3 is 19.5 Å². The molecule has 0 heterocycles. The monoisotopic (exact) mass is 416 g/mol. The Balaban J connectivity index is 2.58. The van der Waals surface area contributed by atoms with Crippen molar-refractivity contribution < 1.29 is 14.2 Å². The molecule has 0 spiro atoms. The summed E-state index contributed by atoms with van der Waals surface area (Å²) in [6.07, 6.45) is 3.79. The highest BCUT2D eigenvalue weighted by molar-refractivity contribution is 6.02. The second kappa shape index (κ2) is 14.0. The topological polar surface area (TPSA) is 52.1 Å². The van der Waals surface area contributed by atoms with Crippen LogP contribution in [-0.4, -0.2) is 52.8 Å². The maximum absolute atomic E-state index is 5.97. The van der Waals surface area contributed by atoms with Crippen molar-refractivity contribution in [3.8, 4) is 5.75 Å². The summed E-state index contributed by atoms with van der Waals surface area (Å²) in [6, 6.07) is 5.96. The number of ether oxygens (including phenoxy) is 3. The zero-order valence-electron chi connectivity index (χ0n) is 19.8. The van der Waals surface area contributed by atoms with Crippen LogP contribution in [0.25, 0.3) is 5.57 Å². The van der Waals surface area contributed by atoms with E-state index in [9.17, 15) is 0 Å². The molecule has 2 unspecified atom stereocenters. The van der Waals surface area contributed by atoms with Crippen molar-refractivity contribution in [2.45, 2.75) is 40.7 Å². The van der Waals surface area contributed by atoms with E-state index in [1.54, 1.807) is 7.05 Å². The Kier molecular flexibility index (Phi) is 12.1. The summed E-state index contributed by atoms with van der Waals surface area (Å²) in [5.74, 6) is 1.97. The molecule has 0 radical (unpaired) electrons. The van der Waals surface area contributed by atoms with E-state index in [1.165, 1.54) is 0 Å². The van der Waals surface area contributed by atoms with Crippen molar-refractivity contribution in [3.63, 3.8) is 0 Å². The van der Waals surface area contributed by atoms with Crippen LogP contribution in [-0.2, 0) is 9.47 Å². The molecule has 168 valence electrons. The molecule has 1 rings (SSSR count). The molecule has 5 heteroatoms. The van der Waals surface area contributed by atoms with Gasteiger partial charge >= 0.3 is 0 Å². The van der Waals surface area contributed by atoms with Gasteiger partial charge in [-0.25, -0.2) is 0 Å². The van der Waals surface area contributed by atoms with E-state index in [2.05, 4.69) is 37.7 Å². The molecule has 0 bridgehead atoms. The molecule has 0 aliphatic rings. The van der Waals surface area contributed by atoms with Gasteiger partial charge in [0.05, 0.1) is 19.3 Å². The number of hydrogen-bond acceptors (Lipinski definition) is 5. The molecule has 0 fully saturated rings. The van der Waals surface area contributed by atoms with E-state index in [0.717, 1.165) is 34.8 Å². The predicted molar refractivity (Wildman–Crippen MR) is 129 cm³/mol. The molecule has 0 saturated heterocycles. The lowest BCUT2D eigenvalue weighted by atomic mass is 9.98. The van der Waals surface area contributed by atoms with Gasteiger partial charge in [-0.2, -0.15) is 0 Å². The van der Waals surface area contributed by atoms with Gasteiger partial charge in [-0.05, 0) is 55.0 Å². The van der Waals surface area contributed by atoms with E-state index in [4.69, 9.17) is 14.2 Å². The number of nitrogens with one attached hydrogen (secondary N) is 1. The molecular weight excluding hydrogens is 376 g/mol. The van der Waals surface area contributed by atoms with Crippen LogP contribution >= 0.6 is 0 Å². The molecule has 1 N–H and O–H groups in total. The van der Waals surface area contributed by atoms with Crippen LogP contribution in [0.1, 0.15) is 40.2 Å². The minimum absolute atomic E-state index is 0.0231. The first kappa shape index (κ1) is 25.9. The molecule has 0 aliphatic heterocycles. The van der Waals surface area contributed by atoms with Crippen molar-refractivity contribution in [1.82, 2.24) is 0 Å². The van der Waals surface area contributed by atoms with E-state index in [1.807, 2.05) is 51.4 Å². The first-order chi connectivity index (χ1) is 14.3. The first-order valence-corrected chi connectivity index (χ1v) is 10.8. The second-order valence-corrected chi connectivity index (χ2v) is 7.86. The summed E-state index contributed by atoms with van der Waals surface area (Å²) in [5, 5.41) is 3.22. The van der Waals surface area contributed by atoms with Crippen molar-refractivity contribution in [1.29, 1.82) is 0 Å². The molecule has 2 atom stereocenters. The molecular formula is C25H40N2O3. The van der Waals surface area contributed by atoms with E-state index in [0.29, 0.717) is 31.7 Å². The number of allylic oxidation sites excluding steroid dienone is 3. The van der Waals surface area contributed by atoms with Gasteiger partial charge in [0.1, 0.15) is 12.4 Å². The van der Waals surface area contributed by atoms with E-state index < -0.39 is 0 Å². The second-order valence-electron chi connectivity index (χ2n) is 7.86. The van der Waals surface area contributed by atoms with Crippen LogP contribution in [0.2, 0.25) is 0 Å². The summed E-state index contributed by atoms with van der Waals surface area (Å²) >= 11 is 0. The predicted octanol–water partition coefficient (Wildman–Crippen LogP) is 5.48. The van der Waals surface area contributed by atoms with Crippen LogP contribution in [0.5, 0.6) is 5.75 Å². The van der Waals surface area contributed by atoms with Gasteiger partial charge in [0.15, 0.2) is 0 Å². The Morgan fingerprint density at radius 2 is 1.90 bits per heavy atom. The van der Waals surface area contributed by atoms with Crippen LogP contribution in [0, 0.1) is 11.8 Å². The van der Waals surface area contributed by atoms with Crippen molar-refractivity contribution in [2.75, 3.05) is 45.8 Å². The fourth-order valence-electron chi connectivity index (χ4n) is 2.73. The Labute approximate surface area is 183 Å². The van der Waals surface area contributed by atoms with Crippen LogP contribution in [0.15, 0.2) is 41.4 Å². The van der Waals surface area contributed by atoms with Crippen LogP contribution < -0.4 is 10.1 Å². The smallest absolute Gasteiger partial charge is 0.120 e. The van der Waals surface area contributed by atoms with Crippen molar-refractivity contribution in [2.24, 2.45) is 16.8 Å². The maximum atomic E-state index is 5.97. The highest BCUT2D eigenvalue weighted by Crippen LogP contribution is 2.31. The highest BCUT2D eigenvalue weighted by Gasteiger charge is 2.11. The van der Waals surface area contributed by atoms with Crippen molar-refractivity contribution >= 4 is 17.5 Å². The van der Waals surface area contributed by atoms with Gasteiger partial charge in [0.25, 0.3) is 0 Å². The molecule has 5 nitrogen and oxygen atoms in total. The molecule has 30 heavy (non-hydrogen) atoms. The van der Waals surface area contributed by atoms with Gasteiger partial charge in [0.2, 0.25) is 0 Å². The van der Waals surface area contributed by atoms with E-state index in [-0.39, 0.29) is 6.10 Å². The average Bonchev–Trinajstić information content (AvgIpc) is 2.74.